The van der Waals surface area contributed by atoms with Crippen molar-refractivity contribution in [1.82, 2.24) is 9.88 Å². The summed E-state index contributed by atoms with van der Waals surface area (Å²) >= 11 is 0. The highest BCUT2D eigenvalue weighted by molar-refractivity contribution is 6.06. The molecule has 7 heteroatoms. The quantitative estimate of drug-likeness (QED) is 0.569. The number of rotatable bonds is 6. The van der Waals surface area contributed by atoms with Crippen LogP contribution in [0.15, 0.2) is 54.7 Å². The first-order chi connectivity index (χ1) is 15.3. The number of amides is 1. The van der Waals surface area contributed by atoms with Gasteiger partial charge in [-0.05, 0) is 48.8 Å². The predicted octanol–water partition coefficient (Wildman–Crippen LogP) is 5.00. The van der Waals surface area contributed by atoms with Gasteiger partial charge < -0.3 is 15.0 Å². The molecule has 2 aliphatic rings. The predicted molar refractivity (Wildman–Crippen MR) is 116 cm³/mol. The highest BCUT2D eigenvalue weighted by Gasteiger charge is 2.55. The molecule has 5 nitrogen and oxygen atoms in total. The van der Waals surface area contributed by atoms with Gasteiger partial charge in [-0.2, -0.15) is 0 Å². The van der Waals surface area contributed by atoms with Crippen LogP contribution in [0.25, 0.3) is 10.9 Å². The maximum atomic E-state index is 13.1. The van der Waals surface area contributed by atoms with Gasteiger partial charge in [-0.25, -0.2) is 8.78 Å². The number of carbonyl (C=O) groups is 2. The normalized spacial score (nSPS) is 24.3. The number of nitrogens with zero attached hydrogens (tertiary/aromatic N) is 1. The second-order valence-corrected chi connectivity index (χ2v) is 9.25. The second-order valence-electron chi connectivity index (χ2n) is 9.25. The monoisotopic (exact) mass is 438 g/mol. The molecule has 2 saturated carbocycles. The van der Waals surface area contributed by atoms with E-state index in [9.17, 15) is 18.4 Å². The molecule has 3 aromatic rings. The number of carbonyl (C=O) groups excluding carboxylic acids is 1. The Morgan fingerprint density at radius 2 is 1.78 bits per heavy atom. The van der Waals surface area contributed by atoms with Crippen LogP contribution in [0.4, 0.5) is 8.78 Å². The third kappa shape index (κ3) is 3.66. The number of aliphatic carboxylic acids is 1. The van der Waals surface area contributed by atoms with E-state index in [0.717, 1.165) is 29.3 Å². The van der Waals surface area contributed by atoms with Crippen LogP contribution in [-0.4, -0.2) is 27.6 Å². The molecular weight excluding hydrogens is 414 g/mol. The molecule has 0 bridgehead atoms. The smallest absolute Gasteiger partial charge is 0.306 e. The van der Waals surface area contributed by atoms with E-state index in [1.807, 2.05) is 29.0 Å². The molecule has 1 amide bonds. The van der Waals surface area contributed by atoms with Crippen molar-refractivity contribution in [2.75, 3.05) is 0 Å². The average molecular weight is 438 g/mol. The van der Waals surface area contributed by atoms with E-state index < -0.39 is 12.4 Å². The standard InChI is InChI=1S/C25H24F2N2O3/c26-22(27)17-6-4-15(5-7-17)14-29-9-8-16-2-1-3-20(21(16)29)23(30)28-19-12-25(13-19)10-18(11-25)24(31)32/h1-9,18-19,22H,10-14H2,(H,28,30)(H,31,32). The number of hydrogen-bond acceptors (Lipinski definition) is 2. The number of benzene rings is 2. The number of carboxylic acid groups (broad SMARTS) is 1. The number of alkyl halides is 2. The van der Waals surface area contributed by atoms with Crippen molar-refractivity contribution in [2.24, 2.45) is 11.3 Å². The van der Waals surface area contributed by atoms with Crippen LogP contribution in [-0.2, 0) is 11.3 Å². The Morgan fingerprint density at radius 3 is 2.44 bits per heavy atom. The van der Waals surface area contributed by atoms with Gasteiger partial charge >= 0.3 is 5.97 Å². The van der Waals surface area contributed by atoms with Crippen molar-refractivity contribution in [3.05, 3.63) is 71.4 Å². The van der Waals surface area contributed by atoms with E-state index in [4.69, 9.17) is 5.11 Å². The molecule has 1 aromatic heterocycles. The molecule has 2 aromatic carbocycles. The first-order valence-electron chi connectivity index (χ1n) is 10.8. The number of aromatic nitrogens is 1. The van der Waals surface area contributed by atoms with Crippen molar-refractivity contribution in [2.45, 2.75) is 44.7 Å². The van der Waals surface area contributed by atoms with Gasteiger partial charge in [0.25, 0.3) is 12.3 Å². The van der Waals surface area contributed by atoms with Crippen LogP contribution in [0, 0.1) is 11.3 Å². The topological polar surface area (TPSA) is 71.3 Å². The first-order valence-corrected chi connectivity index (χ1v) is 10.8. The summed E-state index contributed by atoms with van der Waals surface area (Å²) in [5, 5.41) is 13.1. The fraction of sp³-hybridized carbons (Fsp3) is 0.360. The van der Waals surface area contributed by atoms with E-state index >= 15 is 0 Å². The van der Waals surface area contributed by atoms with Gasteiger partial charge in [-0.3, -0.25) is 9.59 Å². The van der Waals surface area contributed by atoms with Gasteiger partial charge in [0.05, 0.1) is 17.0 Å². The molecule has 1 spiro atoms. The molecule has 2 aliphatic carbocycles. The molecule has 2 fully saturated rings. The van der Waals surface area contributed by atoms with E-state index in [0.29, 0.717) is 24.9 Å². The number of halogens is 2. The molecule has 32 heavy (non-hydrogen) atoms. The molecule has 166 valence electrons. The summed E-state index contributed by atoms with van der Waals surface area (Å²) in [5.74, 6) is -1.10. The third-order valence-corrected chi connectivity index (χ3v) is 7.02. The Morgan fingerprint density at radius 1 is 1.06 bits per heavy atom. The van der Waals surface area contributed by atoms with Crippen molar-refractivity contribution in [1.29, 1.82) is 0 Å². The Kier molecular flexibility index (Phi) is 4.99. The largest absolute Gasteiger partial charge is 0.481 e. The summed E-state index contributed by atoms with van der Waals surface area (Å²) < 4.78 is 27.6. The third-order valence-electron chi connectivity index (χ3n) is 7.02. The highest BCUT2D eigenvalue weighted by atomic mass is 19.3. The van der Waals surface area contributed by atoms with Gasteiger partial charge in [0.2, 0.25) is 0 Å². The van der Waals surface area contributed by atoms with Gasteiger partial charge in [0.1, 0.15) is 0 Å². The summed E-state index contributed by atoms with van der Waals surface area (Å²) in [4.78, 5) is 24.1. The summed E-state index contributed by atoms with van der Waals surface area (Å²) in [6, 6.07) is 13.8. The van der Waals surface area contributed by atoms with Crippen molar-refractivity contribution in [3.63, 3.8) is 0 Å². The minimum Gasteiger partial charge on any atom is -0.481 e. The van der Waals surface area contributed by atoms with Crippen LogP contribution in [0.2, 0.25) is 0 Å². The molecular formula is C25H24F2N2O3. The maximum absolute atomic E-state index is 13.1. The maximum Gasteiger partial charge on any atom is 0.306 e. The van der Waals surface area contributed by atoms with Crippen molar-refractivity contribution < 1.29 is 23.5 Å². The minimum absolute atomic E-state index is 0.00871. The molecule has 0 aliphatic heterocycles. The molecule has 2 N–H and O–H groups in total. The van der Waals surface area contributed by atoms with E-state index in [1.165, 1.54) is 12.1 Å². The molecule has 1 heterocycles. The summed E-state index contributed by atoms with van der Waals surface area (Å²) in [6.45, 7) is 0.473. The fourth-order valence-corrected chi connectivity index (χ4v) is 5.39. The Bertz CT molecular complexity index is 1170. The Balaban J connectivity index is 1.30. The first kappa shape index (κ1) is 20.7. The summed E-state index contributed by atoms with van der Waals surface area (Å²) in [5.41, 5.74) is 2.35. The zero-order valence-corrected chi connectivity index (χ0v) is 17.4. The van der Waals surface area contributed by atoms with Crippen LogP contribution in [0.3, 0.4) is 0 Å². The average Bonchev–Trinajstić information content (AvgIpc) is 3.11. The number of para-hydroxylation sites is 1. The molecule has 0 unspecified atom stereocenters. The lowest BCUT2D eigenvalue weighted by molar-refractivity contribution is -0.155. The molecule has 0 radical (unpaired) electrons. The Labute approximate surface area is 184 Å². The fourth-order valence-electron chi connectivity index (χ4n) is 5.39. The van der Waals surface area contributed by atoms with Crippen LogP contribution in [0.5, 0.6) is 0 Å². The van der Waals surface area contributed by atoms with Crippen molar-refractivity contribution >= 4 is 22.8 Å². The zero-order valence-electron chi connectivity index (χ0n) is 17.4. The number of fused-ring (bicyclic) bond motifs is 1. The number of carboxylic acids is 1. The van der Waals surface area contributed by atoms with Gasteiger partial charge in [0.15, 0.2) is 0 Å². The zero-order chi connectivity index (χ0) is 22.5. The highest BCUT2D eigenvalue weighted by Crippen LogP contribution is 2.58. The summed E-state index contributed by atoms with van der Waals surface area (Å²) in [7, 11) is 0. The van der Waals surface area contributed by atoms with E-state index in [2.05, 4.69) is 5.32 Å². The van der Waals surface area contributed by atoms with Gasteiger partial charge in [-0.15, -0.1) is 0 Å². The SMILES string of the molecule is O=C(NC1CC2(C1)CC(C(=O)O)C2)c1cccc2ccn(Cc3ccc(C(F)F)cc3)c12. The van der Waals surface area contributed by atoms with Crippen LogP contribution in [0.1, 0.15) is 53.6 Å². The van der Waals surface area contributed by atoms with Crippen molar-refractivity contribution in [3.8, 4) is 0 Å². The van der Waals surface area contributed by atoms with E-state index in [-0.39, 0.29) is 28.8 Å². The lowest BCUT2D eigenvalue weighted by Gasteiger charge is -2.56. The molecule has 5 rings (SSSR count). The van der Waals surface area contributed by atoms with Crippen LogP contribution >= 0.6 is 0 Å². The Hall–Kier alpha value is -3.22. The minimum atomic E-state index is -2.49. The number of hydrogen-bond donors (Lipinski definition) is 2. The molecule has 0 atom stereocenters. The lowest BCUT2D eigenvalue weighted by atomic mass is 9.50. The number of nitrogens with one attached hydrogen (secondary N) is 1. The lowest BCUT2D eigenvalue weighted by Crippen LogP contribution is -2.57. The van der Waals surface area contributed by atoms with Gasteiger partial charge in [0, 0.05) is 29.7 Å². The second kappa shape index (κ2) is 7.73. The van der Waals surface area contributed by atoms with Gasteiger partial charge in [-0.1, -0.05) is 36.4 Å². The molecule has 0 saturated heterocycles. The van der Waals surface area contributed by atoms with Crippen LogP contribution < -0.4 is 5.32 Å². The van der Waals surface area contributed by atoms with E-state index in [1.54, 1.807) is 18.2 Å². The summed E-state index contributed by atoms with van der Waals surface area (Å²) in [6.07, 6.45) is 2.48.